The second-order valence-electron chi connectivity index (χ2n) is 4.49. The van der Waals surface area contributed by atoms with Crippen LogP contribution in [0.25, 0.3) is 23.0 Å². The molecule has 0 fully saturated rings. The number of hydrogen-bond donors (Lipinski definition) is 1. The third-order valence-corrected chi connectivity index (χ3v) is 3.08. The molecule has 106 valence electrons. The third kappa shape index (κ3) is 2.45. The van der Waals surface area contributed by atoms with E-state index in [0.29, 0.717) is 11.3 Å². The van der Waals surface area contributed by atoms with Crippen molar-refractivity contribution in [2.45, 2.75) is 13.3 Å². The van der Waals surface area contributed by atoms with E-state index >= 15 is 0 Å². The van der Waals surface area contributed by atoms with Crippen molar-refractivity contribution < 1.29 is 18.7 Å². The van der Waals surface area contributed by atoms with E-state index in [2.05, 4.69) is 4.98 Å². The van der Waals surface area contributed by atoms with Gasteiger partial charge in [-0.3, -0.25) is 0 Å². The van der Waals surface area contributed by atoms with Crippen molar-refractivity contribution in [3.63, 3.8) is 0 Å². The highest BCUT2D eigenvalue weighted by Crippen LogP contribution is 2.31. The predicted octanol–water partition coefficient (Wildman–Crippen LogP) is 3.86. The second-order valence-corrected chi connectivity index (χ2v) is 4.49. The fourth-order valence-electron chi connectivity index (χ4n) is 2.03. The van der Waals surface area contributed by atoms with E-state index in [0.717, 1.165) is 12.2 Å². The molecular formula is C16H13NO4. The molecule has 1 N–H and O–H groups in total. The molecule has 0 aliphatic carbocycles. The maximum atomic E-state index is 11.4. The quantitative estimate of drug-likeness (QED) is 0.786. The van der Waals surface area contributed by atoms with Crippen molar-refractivity contribution in [1.82, 2.24) is 4.98 Å². The van der Waals surface area contributed by atoms with Crippen molar-refractivity contribution in [3.05, 3.63) is 53.9 Å². The van der Waals surface area contributed by atoms with E-state index in [9.17, 15) is 9.90 Å². The van der Waals surface area contributed by atoms with Crippen LogP contribution in [0.3, 0.4) is 0 Å². The number of furan rings is 1. The Labute approximate surface area is 120 Å². The lowest BCUT2D eigenvalue weighted by Crippen LogP contribution is -1.98. The molecule has 5 nitrogen and oxygen atoms in total. The zero-order valence-corrected chi connectivity index (χ0v) is 11.4. The van der Waals surface area contributed by atoms with E-state index in [-0.39, 0.29) is 17.3 Å². The van der Waals surface area contributed by atoms with Gasteiger partial charge in [0, 0.05) is 12.0 Å². The Morgan fingerprint density at radius 1 is 1.14 bits per heavy atom. The van der Waals surface area contributed by atoms with Gasteiger partial charge in [-0.05, 0) is 24.3 Å². The van der Waals surface area contributed by atoms with Crippen molar-refractivity contribution in [1.29, 1.82) is 0 Å². The number of benzene rings is 1. The minimum atomic E-state index is -1.15. The summed E-state index contributed by atoms with van der Waals surface area (Å²) in [4.78, 5) is 15.4. The maximum absolute atomic E-state index is 11.4. The molecule has 5 heteroatoms. The molecular weight excluding hydrogens is 270 g/mol. The van der Waals surface area contributed by atoms with Crippen molar-refractivity contribution >= 4 is 5.97 Å². The Morgan fingerprint density at radius 3 is 2.52 bits per heavy atom. The molecule has 0 bridgehead atoms. The molecule has 2 aromatic heterocycles. The number of carboxylic acids is 1. The Balaban J connectivity index is 2.11. The monoisotopic (exact) mass is 283 g/mol. The topological polar surface area (TPSA) is 76.5 Å². The lowest BCUT2D eigenvalue weighted by Gasteiger charge is -1.94. The van der Waals surface area contributed by atoms with E-state index in [4.69, 9.17) is 8.83 Å². The standard InChI is InChI=1S/C16H13NO4/c1-2-11-8-9-12(20-11)14-13(16(18)19)17-15(21-14)10-6-4-3-5-7-10/h3-9H,2H2,1H3,(H,18,19). The number of oxazole rings is 1. The molecule has 3 rings (SSSR count). The molecule has 0 amide bonds. The van der Waals surface area contributed by atoms with E-state index < -0.39 is 5.97 Å². The number of carboxylic acid groups (broad SMARTS) is 1. The van der Waals surface area contributed by atoms with Gasteiger partial charge in [-0.25, -0.2) is 9.78 Å². The Kier molecular flexibility index (Phi) is 3.31. The molecule has 21 heavy (non-hydrogen) atoms. The highest BCUT2D eigenvalue weighted by atomic mass is 16.4. The molecule has 0 atom stereocenters. The first-order valence-electron chi connectivity index (χ1n) is 6.57. The van der Waals surface area contributed by atoms with Gasteiger partial charge in [-0.1, -0.05) is 25.1 Å². The van der Waals surface area contributed by atoms with Gasteiger partial charge < -0.3 is 13.9 Å². The summed E-state index contributed by atoms with van der Waals surface area (Å²) < 4.78 is 11.2. The number of aromatic nitrogens is 1. The highest BCUT2D eigenvalue weighted by molar-refractivity contribution is 5.92. The molecule has 0 saturated carbocycles. The average Bonchev–Trinajstić information content (AvgIpc) is 3.14. The fourth-order valence-corrected chi connectivity index (χ4v) is 2.03. The minimum absolute atomic E-state index is 0.140. The highest BCUT2D eigenvalue weighted by Gasteiger charge is 2.23. The Hall–Kier alpha value is -2.82. The van der Waals surface area contributed by atoms with Crippen molar-refractivity contribution in [3.8, 4) is 23.0 Å². The van der Waals surface area contributed by atoms with Crippen LogP contribution in [0.1, 0.15) is 23.2 Å². The lowest BCUT2D eigenvalue weighted by molar-refractivity contribution is 0.0691. The molecule has 2 heterocycles. The summed E-state index contributed by atoms with van der Waals surface area (Å²) in [6.07, 6.45) is 0.724. The van der Waals surface area contributed by atoms with Gasteiger partial charge in [0.2, 0.25) is 11.7 Å². The summed E-state index contributed by atoms with van der Waals surface area (Å²) in [5.41, 5.74) is 0.569. The van der Waals surface area contributed by atoms with Crippen LogP contribution in [0.2, 0.25) is 0 Å². The molecule has 0 saturated heterocycles. The molecule has 0 radical (unpaired) electrons. The maximum Gasteiger partial charge on any atom is 0.358 e. The molecule has 0 aliphatic rings. The van der Waals surface area contributed by atoms with Gasteiger partial charge in [-0.15, -0.1) is 0 Å². The molecule has 0 spiro atoms. The zero-order valence-electron chi connectivity index (χ0n) is 11.4. The Morgan fingerprint density at radius 2 is 1.90 bits per heavy atom. The van der Waals surface area contributed by atoms with E-state index in [1.807, 2.05) is 25.1 Å². The molecule has 0 unspecified atom stereocenters. The van der Waals surface area contributed by atoms with Crippen LogP contribution in [0, 0.1) is 0 Å². The number of carbonyl (C=O) groups is 1. The first-order valence-corrected chi connectivity index (χ1v) is 6.57. The summed E-state index contributed by atoms with van der Waals surface area (Å²) >= 11 is 0. The van der Waals surface area contributed by atoms with Gasteiger partial charge in [0.1, 0.15) is 5.76 Å². The van der Waals surface area contributed by atoms with Crippen LogP contribution >= 0.6 is 0 Å². The summed E-state index contributed by atoms with van der Waals surface area (Å²) in [5, 5.41) is 9.29. The van der Waals surface area contributed by atoms with Crippen LogP contribution in [0.5, 0.6) is 0 Å². The number of aryl methyl sites for hydroxylation is 1. The zero-order chi connectivity index (χ0) is 14.8. The van der Waals surface area contributed by atoms with Crippen molar-refractivity contribution in [2.75, 3.05) is 0 Å². The third-order valence-electron chi connectivity index (χ3n) is 3.08. The molecule has 0 aliphatic heterocycles. The Bertz CT molecular complexity index is 771. The largest absolute Gasteiger partial charge is 0.476 e. The summed E-state index contributed by atoms with van der Waals surface area (Å²) in [5.74, 6) is 0.391. The fraction of sp³-hybridized carbons (Fsp3) is 0.125. The normalized spacial score (nSPS) is 10.7. The van der Waals surface area contributed by atoms with Crippen LogP contribution in [0.4, 0.5) is 0 Å². The summed E-state index contributed by atoms with van der Waals surface area (Å²) in [6.45, 7) is 1.95. The predicted molar refractivity (Wildman–Crippen MR) is 76.0 cm³/mol. The summed E-state index contributed by atoms with van der Waals surface area (Å²) in [7, 11) is 0. The minimum Gasteiger partial charge on any atom is -0.476 e. The summed E-state index contributed by atoms with van der Waals surface area (Å²) in [6, 6.07) is 12.6. The second kappa shape index (κ2) is 5.28. The van der Waals surface area contributed by atoms with E-state index in [1.54, 1.807) is 24.3 Å². The van der Waals surface area contributed by atoms with Crippen LogP contribution in [-0.2, 0) is 6.42 Å². The van der Waals surface area contributed by atoms with Crippen LogP contribution in [0.15, 0.2) is 51.3 Å². The molecule has 1 aromatic carbocycles. The first-order chi connectivity index (χ1) is 10.2. The van der Waals surface area contributed by atoms with Gasteiger partial charge >= 0.3 is 5.97 Å². The van der Waals surface area contributed by atoms with Crippen molar-refractivity contribution in [2.24, 2.45) is 0 Å². The van der Waals surface area contributed by atoms with Gasteiger partial charge in [0.25, 0.3) is 0 Å². The number of hydrogen-bond acceptors (Lipinski definition) is 4. The number of rotatable bonds is 4. The molecule has 3 aromatic rings. The van der Waals surface area contributed by atoms with Gasteiger partial charge in [0.05, 0.1) is 0 Å². The van der Waals surface area contributed by atoms with Gasteiger partial charge in [0.15, 0.2) is 11.5 Å². The van der Waals surface area contributed by atoms with Gasteiger partial charge in [-0.2, -0.15) is 0 Å². The number of nitrogens with zero attached hydrogens (tertiary/aromatic N) is 1. The van der Waals surface area contributed by atoms with E-state index in [1.165, 1.54) is 0 Å². The number of aromatic carboxylic acids is 1. The van der Waals surface area contributed by atoms with Crippen LogP contribution in [-0.4, -0.2) is 16.1 Å². The SMILES string of the molecule is CCc1ccc(-c2oc(-c3ccccc3)nc2C(=O)O)o1. The smallest absolute Gasteiger partial charge is 0.358 e. The lowest BCUT2D eigenvalue weighted by atomic mass is 10.2. The average molecular weight is 283 g/mol. The van der Waals surface area contributed by atoms with Crippen LogP contribution < -0.4 is 0 Å². The first kappa shape index (κ1) is 13.2.